The van der Waals surface area contributed by atoms with Gasteiger partial charge in [-0.15, -0.1) is 0 Å². The Labute approximate surface area is 85.3 Å². The third-order valence-electron chi connectivity index (χ3n) is 1.78. The topological polar surface area (TPSA) is 38.9 Å². The number of pyridine rings is 1. The predicted molar refractivity (Wildman–Crippen MR) is 56.2 cm³/mol. The first-order valence-corrected chi connectivity index (χ1v) is 4.44. The average Bonchev–Trinajstić information content (AvgIpc) is 2.02. The van der Waals surface area contributed by atoms with E-state index >= 15 is 0 Å². The first-order chi connectivity index (χ1) is 6.16. The lowest BCUT2D eigenvalue weighted by molar-refractivity contribution is 1.36. The molecular formula is C9H6Cl2N2. The number of hydrogen-bond donors (Lipinski definition) is 1. The molecule has 0 spiro atoms. The van der Waals surface area contributed by atoms with Crippen molar-refractivity contribution >= 4 is 39.7 Å². The summed E-state index contributed by atoms with van der Waals surface area (Å²) < 4.78 is 0. The molecule has 0 aliphatic carbocycles. The van der Waals surface area contributed by atoms with Gasteiger partial charge in [-0.05, 0) is 29.7 Å². The molecule has 0 bridgehead atoms. The lowest BCUT2D eigenvalue weighted by atomic mass is 10.1. The first-order valence-electron chi connectivity index (χ1n) is 3.68. The SMILES string of the molecule is Nc1ccc2c(Cl)nc(Cl)cc2c1. The summed E-state index contributed by atoms with van der Waals surface area (Å²) in [5.74, 6) is 0. The zero-order chi connectivity index (χ0) is 9.42. The highest BCUT2D eigenvalue weighted by Gasteiger charge is 2.02. The van der Waals surface area contributed by atoms with E-state index in [4.69, 9.17) is 28.9 Å². The Balaban J connectivity index is 2.86. The van der Waals surface area contributed by atoms with Crippen LogP contribution in [0.4, 0.5) is 5.69 Å². The van der Waals surface area contributed by atoms with Gasteiger partial charge in [-0.1, -0.05) is 23.2 Å². The summed E-state index contributed by atoms with van der Waals surface area (Å²) in [5.41, 5.74) is 6.30. The zero-order valence-electron chi connectivity index (χ0n) is 6.59. The van der Waals surface area contributed by atoms with Crippen molar-refractivity contribution in [2.24, 2.45) is 0 Å². The minimum atomic E-state index is 0.378. The molecule has 0 atom stereocenters. The number of nitrogen functional groups attached to an aromatic ring is 1. The van der Waals surface area contributed by atoms with Crippen LogP contribution in [-0.2, 0) is 0 Å². The molecule has 0 fully saturated rings. The fraction of sp³-hybridized carbons (Fsp3) is 0. The third kappa shape index (κ3) is 1.55. The van der Waals surface area contributed by atoms with Crippen molar-refractivity contribution < 1.29 is 0 Å². The average molecular weight is 213 g/mol. The molecule has 4 heteroatoms. The van der Waals surface area contributed by atoms with Gasteiger partial charge in [0.05, 0.1) is 0 Å². The molecule has 2 rings (SSSR count). The molecule has 0 unspecified atom stereocenters. The van der Waals surface area contributed by atoms with Crippen LogP contribution >= 0.6 is 23.2 Å². The van der Waals surface area contributed by atoms with Crippen LogP contribution in [0.5, 0.6) is 0 Å². The first kappa shape index (κ1) is 8.60. The number of halogens is 2. The van der Waals surface area contributed by atoms with Crippen molar-refractivity contribution in [2.45, 2.75) is 0 Å². The molecule has 0 aliphatic heterocycles. The van der Waals surface area contributed by atoms with E-state index in [0.29, 0.717) is 16.0 Å². The lowest BCUT2D eigenvalue weighted by Crippen LogP contribution is -1.86. The Hall–Kier alpha value is -0.990. The summed E-state index contributed by atoms with van der Waals surface area (Å²) in [6.07, 6.45) is 0. The van der Waals surface area contributed by atoms with Crippen molar-refractivity contribution in [3.8, 4) is 0 Å². The maximum absolute atomic E-state index is 5.88. The van der Waals surface area contributed by atoms with E-state index in [1.807, 2.05) is 12.1 Å². The van der Waals surface area contributed by atoms with Gasteiger partial charge in [-0.25, -0.2) is 4.98 Å². The molecular weight excluding hydrogens is 207 g/mol. The Morgan fingerprint density at radius 2 is 1.92 bits per heavy atom. The van der Waals surface area contributed by atoms with Gasteiger partial charge in [0.2, 0.25) is 0 Å². The Morgan fingerprint density at radius 3 is 2.69 bits per heavy atom. The van der Waals surface area contributed by atoms with Crippen LogP contribution in [0.1, 0.15) is 0 Å². The van der Waals surface area contributed by atoms with E-state index in [9.17, 15) is 0 Å². The van der Waals surface area contributed by atoms with Crippen molar-refractivity contribution in [1.29, 1.82) is 0 Å². The highest BCUT2D eigenvalue weighted by molar-refractivity contribution is 6.36. The molecule has 1 aromatic carbocycles. The highest BCUT2D eigenvalue weighted by atomic mass is 35.5. The van der Waals surface area contributed by atoms with Crippen LogP contribution in [0.2, 0.25) is 10.3 Å². The number of benzene rings is 1. The quantitative estimate of drug-likeness (QED) is 0.539. The van der Waals surface area contributed by atoms with E-state index in [2.05, 4.69) is 4.98 Å². The Bertz CT molecular complexity index is 463. The number of nitrogens with two attached hydrogens (primary N) is 1. The van der Waals surface area contributed by atoms with Crippen LogP contribution in [0.3, 0.4) is 0 Å². The summed E-state index contributed by atoms with van der Waals surface area (Å²) >= 11 is 11.6. The number of nitrogens with zero attached hydrogens (tertiary/aromatic N) is 1. The molecule has 0 saturated carbocycles. The van der Waals surface area contributed by atoms with Gasteiger partial charge in [-0.3, -0.25) is 0 Å². The number of rotatable bonds is 0. The number of aromatic nitrogens is 1. The summed E-state index contributed by atoms with van der Waals surface area (Å²) in [5, 5.41) is 2.55. The van der Waals surface area contributed by atoms with Crippen LogP contribution < -0.4 is 5.73 Å². The van der Waals surface area contributed by atoms with Crippen LogP contribution in [0.25, 0.3) is 10.8 Å². The van der Waals surface area contributed by atoms with E-state index in [1.54, 1.807) is 12.1 Å². The van der Waals surface area contributed by atoms with Crippen LogP contribution in [-0.4, -0.2) is 4.98 Å². The molecule has 2 aromatic rings. The minimum Gasteiger partial charge on any atom is -0.399 e. The van der Waals surface area contributed by atoms with Gasteiger partial charge < -0.3 is 5.73 Å². The number of anilines is 1. The van der Waals surface area contributed by atoms with E-state index in [-0.39, 0.29) is 0 Å². The second kappa shape index (κ2) is 3.05. The molecule has 1 heterocycles. The molecule has 0 aliphatic rings. The van der Waals surface area contributed by atoms with Gasteiger partial charge in [0.1, 0.15) is 10.3 Å². The molecule has 13 heavy (non-hydrogen) atoms. The van der Waals surface area contributed by atoms with Gasteiger partial charge in [0, 0.05) is 11.1 Å². The van der Waals surface area contributed by atoms with Crippen molar-refractivity contribution in [1.82, 2.24) is 4.98 Å². The van der Waals surface area contributed by atoms with Crippen molar-refractivity contribution in [3.63, 3.8) is 0 Å². The zero-order valence-corrected chi connectivity index (χ0v) is 8.10. The molecule has 66 valence electrons. The normalized spacial score (nSPS) is 10.6. The molecule has 0 radical (unpaired) electrons. The molecule has 0 amide bonds. The minimum absolute atomic E-state index is 0.378. The van der Waals surface area contributed by atoms with Crippen molar-refractivity contribution in [3.05, 3.63) is 34.6 Å². The standard InChI is InChI=1S/C9H6Cl2N2/c10-8-4-5-3-6(12)1-2-7(5)9(11)13-8/h1-4H,12H2. The second-order valence-corrected chi connectivity index (χ2v) is 3.46. The Morgan fingerprint density at radius 1 is 1.15 bits per heavy atom. The van der Waals surface area contributed by atoms with Gasteiger partial charge >= 0.3 is 0 Å². The van der Waals surface area contributed by atoms with Crippen LogP contribution in [0.15, 0.2) is 24.3 Å². The maximum Gasteiger partial charge on any atom is 0.138 e. The molecule has 2 N–H and O–H groups in total. The fourth-order valence-electron chi connectivity index (χ4n) is 1.20. The summed E-state index contributed by atoms with van der Waals surface area (Å²) in [6.45, 7) is 0. The van der Waals surface area contributed by atoms with Gasteiger partial charge in [-0.2, -0.15) is 0 Å². The monoisotopic (exact) mass is 212 g/mol. The van der Waals surface area contributed by atoms with E-state index < -0.39 is 0 Å². The van der Waals surface area contributed by atoms with Gasteiger partial charge in [0.15, 0.2) is 0 Å². The maximum atomic E-state index is 5.88. The van der Waals surface area contributed by atoms with E-state index in [0.717, 1.165) is 10.8 Å². The molecule has 1 aromatic heterocycles. The Kier molecular flexibility index (Phi) is 2.02. The number of hydrogen-bond acceptors (Lipinski definition) is 2. The molecule has 2 nitrogen and oxygen atoms in total. The largest absolute Gasteiger partial charge is 0.399 e. The van der Waals surface area contributed by atoms with Crippen molar-refractivity contribution in [2.75, 3.05) is 5.73 Å². The summed E-state index contributed by atoms with van der Waals surface area (Å²) in [4.78, 5) is 3.92. The lowest BCUT2D eigenvalue weighted by Gasteiger charge is -2.01. The highest BCUT2D eigenvalue weighted by Crippen LogP contribution is 2.25. The smallest absolute Gasteiger partial charge is 0.138 e. The van der Waals surface area contributed by atoms with Crippen LogP contribution in [0, 0.1) is 0 Å². The van der Waals surface area contributed by atoms with E-state index in [1.165, 1.54) is 0 Å². The summed E-state index contributed by atoms with van der Waals surface area (Å²) in [6, 6.07) is 7.16. The predicted octanol–water partition coefficient (Wildman–Crippen LogP) is 3.12. The second-order valence-electron chi connectivity index (χ2n) is 2.72. The summed E-state index contributed by atoms with van der Waals surface area (Å²) in [7, 11) is 0. The molecule has 0 saturated heterocycles. The van der Waals surface area contributed by atoms with Gasteiger partial charge in [0.25, 0.3) is 0 Å². The fourth-order valence-corrected chi connectivity index (χ4v) is 1.71. The number of fused-ring (bicyclic) bond motifs is 1. The third-order valence-corrected chi connectivity index (χ3v) is 2.26.